The van der Waals surface area contributed by atoms with E-state index >= 15 is 0 Å². The summed E-state index contributed by atoms with van der Waals surface area (Å²) in [6.07, 6.45) is -5.25. The Morgan fingerprint density at radius 2 is 2.03 bits per heavy atom. The number of carbonyl (C=O) groups excluding carboxylic acids is 1. The summed E-state index contributed by atoms with van der Waals surface area (Å²) < 4.78 is 67.0. The number of alkyl halides is 3. The molecule has 1 atom stereocenters. The average molecular weight is 472 g/mol. The number of benzene rings is 2. The van der Waals surface area contributed by atoms with Crippen LogP contribution in [0.2, 0.25) is 0 Å². The molecule has 3 rings (SSSR count). The van der Waals surface area contributed by atoms with Crippen molar-refractivity contribution < 1.29 is 36.6 Å². The standard InChI is InChI=1S/C21H20F4N2O4S/c1-13(28)16-7-6-14(10-17(16)22)30-12-15-11-27(8-9-29-15)20(32)26-18-4-2-3-5-19(18)31-21(23,24)25/h2-7,10,15H,8-9,11-12H2,1H3,(H,26,32). The maximum Gasteiger partial charge on any atom is 0.573 e. The number of halogens is 4. The van der Waals surface area contributed by atoms with Crippen molar-refractivity contribution in [3.05, 3.63) is 53.8 Å². The van der Waals surface area contributed by atoms with Gasteiger partial charge in [-0.05, 0) is 43.4 Å². The van der Waals surface area contributed by atoms with Crippen LogP contribution in [0.3, 0.4) is 0 Å². The van der Waals surface area contributed by atoms with E-state index < -0.39 is 24.0 Å². The quantitative estimate of drug-likeness (QED) is 0.380. The summed E-state index contributed by atoms with van der Waals surface area (Å²) in [4.78, 5) is 13.0. The molecule has 6 nitrogen and oxygen atoms in total. The summed E-state index contributed by atoms with van der Waals surface area (Å²) in [5.41, 5.74) is 0.0544. The Morgan fingerprint density at radius 3 is 2.72 bits per heavy atom. The van der Waals surface area contributed by atoms with Gasteiger partial charge in [0, 0.05) is 19.2 Å². The lowest BCUT2D eigenvalue weighted by molar-refractivity contribution is -0.274. The summed E-state index contributed by atoms with van der Waals surface area (Å²) in [7, 11) is 0. The summed E-state index contributed by atoms with van der Waals surface area (Å²) in [6.45, 7) is 2.41. The van der Waals surface area contributed by atoms with Gasteiger partial charge in [-0.3, -0.25) is 4.79 Å². The smallest absolute Gasteiger partial charge is 0.491 e. The molecule has 11 heteroatoms. The molecular weight excluding hydrogens is 452 g/mol. The second-order valence-electron chi connectivity index (χ2n) is 6.92. The fourth-order valence-electron chi connectivity index (χ4n) is 3.04. The number of anilines is 1. The van der Waals surface area contributed by atoms with Gasteiger partial charge in [0.05, 0.1) is 17.9 Å². The van der Waals surface area contributed by atoms with Crippen LogP contribution >= 0.6 is 12.2 Å². The van der Waals surface area contributed by atoms with E-state index in [1.807, 2.05) is 0 Å². The summed E-state index contributed by atoms with van der Waals surface area (Å²) in [5, 5.41) is 2.98. The van der Waals surface area contributed by atoms with Gasteiger partial charge in [0.25, 0.3) is 0 Å². The molecule has 172 valence electrons. The third kappa shape index (κ3) is 6.54. The maximum atomic E-state index is 13.9. The molecule has 1 saturated heterocycles. The highest BCUT2D eigenvalue weighted by atomic mass is 32.1. The van der Waals surface area contributed by atoms with Gasteiger partial charge in [-0.2, -0.15) is 0 Å². The third-order valence-electron chi connectivity index (χ3n) is 4.54. The monoisotopic (exact) mass is 472 g/mol. The molecule has 0 aromatic heterocycles. The predicted octanol–water partition coefficient (Wildman–Crippen LogP) is 4.40. The van der Waals surface area contributed by atoms with Gasteiger partial charge >= 0.3 is 6.36 Å². The number of thiocarbonyl (C=S) groups is 1. The van der Waals surface area contributed by atoms with E-state index in [1.165, 1.54) is 37.3 Å². The SMILES string of the molecule is CC(=O)c1ccc(OCC2CN(C(=S)Nc3ccccc3OC(F)(F)F)CCO2)cc1F. The van der Waals surface area contributed by atoms with Crippen LogP contribution in [-0.4, -0.2) is 54.6 Å². The Labute approximate surface area is 187 Å². The van der Waals surface area contributed by atoms with Crippen LogP contribution < -0.4 is 14.8 Å². The lowest BCUT2D eigenvalue weighted by Crippen LogP contribution is -2.49. The van der Waals surface area contributed by atoms with Crippen LogP contribution in [0.25, 0.3) is 0 Å². The van der Waals surface area contributed by atoms with Crippen LogP contribution in [0.15, 0.2) is 42.5 Å². The van der Waals surface area contributed by atoms with Gasteiger partial charge in [-0.15, -0.1) is 13.2 Å². The first-order valence-electron chi connectivity index (χ1n) is 9.58. The Morgan fingerprint density at radius 1 is 1.28 bits per heavy atom. The Hall–Kier alpha value is -2.92. The number of rotatable bonds is 6. The van der Waals surface area contributed by atoms with Gasteiger partial charge < -0.3 is 24.4 Å². The second-order valence-corrected chi connectivity index (χ2v) is 7.31. The van der Waals surface area contributed by atoms with Gasteiger partial charge in [0.15, 0.2) is 16.6 Å². The van der Waals surface area contributed by atoms with E-state index in [1.54, 1.807) is 11.0 Å². The van der Waals surface area contributed by atoms with E-state index in [2.05, 4.69) is 10.1 Å². The fraction of sp³-hybridized carbons (Fsp3) is 0.333. The van der Waals surface area contributed by atoms with Crippen molar-refractivity contribution in [1.82, 2.24) is 4.90 Å². The van der Waals surface area contributed by atoms with Gasteiger partial charge in [-0.25, -0.2) is 4.39 Å². The van der Waals surface area contributed by atoms with Gasteiger partial charge in [0.1, 0.15) is 24.3 Å². The molecule has 1 N–H and O–H groups in total. The number of nitrogens with zero attached hydrogens (tertiary/aromatic N) is 1. The number of hydrogen-bond acceptors (Lipinski definition) is 5. The van der Waals surface area contributed by atoms with Crippen molar-refractivity contribution in [3.8, 4) is 11.5 Å². The van der Waals surface area contributed by atoms with E-state index in [9.17, 15) is 22.4 Å². The molecular formula is C21H20F4N2O4S. The Bertz CT molecular complexity index is 987. The summed E-state index contributed by atoms with van der Waals surface area (Å²) in [5.74, 6) is -1.21. The topological polar surface area (TPSA) is 60.0 Å². The highest BCUT2D eigenvalue weighted by Gasteiger charge is 2.32. The molecule has 2 aromatic rings. The number of ether oxygens (including phenoxy) is 3. The minimum absolute atomic E-state index is 0.0244. The van der Waals surface area contributed by atoms with Crippen molar-refractivity contribution in [2.45, 2.75) is 19.4 Å². The normalized spacial score (nSPS) is 16.4. The molecule has 32 heavy (non-hydrogen) atoms. The van der Waals surface area contributed by atoms with E-state index in [4.69, 9.17) is 21.7 Å². The number of para-hydroxylation sites is 2. The number of carbonyl (C=O) groups is 1. The van der Waals surface area contributed by atoms with Crippen LogP contribution in [0, 0.1) is 5.82 Å². The maximum absolute atomic E-state index is 13.9. The zero-order valence-electron chi connectivity index (χ0n) is 16.9. The van der Waals surface area contributed by atoms with Crippen LogP contribution in [0.4, 0.5) is 23.2 Å². The first-order valence-corrected chi connectivity index (χ1v) is 9.99. The number of nitrogens with one attached hydrogen (secondary N) is 1. The van der Waals surface area contributed by atoms with Crippen LogP contribution in [-0.2, 0) is 4.74 Å². The molecule has 0 amide bonds. The number of ketones is 1. The highest BCUT2D eigenvalue weighted by molar-refractivity contribution is 7.80. The Balaban J connectivity index is 1.57. The van der Waals surface area contributed by atoms with Crippen LogP contribution in [0.1, 0.15) is 17.3 Å². The molecule has 1 unspecified atom stereocenters. The molecule has 0 aliphatic carbocycles. The lowest BCUT2D eigenvalue weighted by atomic mass is 10.1. The summed E-state index contributed by atoms with van der Waals surface area (Å²) >= 11 is 5.34. The van der Waals surface area contributed by atoms with Crippen molar-refractivity contribution in [3.63, 3.8) is 0 Å². The fourth-order valence-corrected chi connectivity index (χ4v) is 3.32. The molecule has 1 fully saturated rings. The number of morpholine rings is 1. The number of hydrogen-bond donors (Lipinski definition) is 1. The largest absolute Gasteiger partial charge is 0.573 e. The summed E-state index contributed by atoms with van der Waals surface area (Å²) in [6, 6.07) is 9.55. The van der Waals surface area contributed by atoms with Crippen molar-refractivity contribution in [2.75, 3.05) is 31.6 Å². The minimum atomic E-state index is -4.83. The molecule has 0 spiro atoms. The average Bonchev–Trinajstić information content (AvgIpc) is 2.72. The molecule has 2 aromatic carbocycles. The first-order chi connectivity index (χ1) is 15.1. The lowest BCUT2D eigenvalue weighted by Gasteiger charge is -2.34. The Kier molecular flexibility index (Phi) is 7.52. The molecule has 1 aliphatic rings. The van der Waals surface area contributed by atoms with Crippen molar-refractivity contribution in [2.24, 2.45) is 0 Å². The van der Waals surface area contributed by atoms with Gasteiger partial charge in [-0.1, -0.05) is 12.1 Å². The van der Waals surface area contributed by atoms with Crippen molar-refractivity contribution in [1.29, 1.82) is 0 Å². The third-order valence-corrected chi connectivity index (χ3v) is 4.90. The predicted molar refractivity (Wildman–Crippen MR) is 113 cm³/mol. The van der Waals surface area contributed by atoms with Crippen molar-refractivity contribution >= 4 is 28.8 Å². The van der Waals surface area contributed by atoms with E-state index in [0.717, 1.165) is 6.07 Å². The van der Waals surface area contributed by atoms with E-state index in [0.29, 0.717) is 19.7 Å². The van der Waals surface area contributed by atoms with Gasteiger partial charge in [0.2, 0.25) is 0 Å². The molecule has 0 saturated carbocycles. The molecule has 1 heterocycles. The molecule has 0 radical (unpaired) electrons. The minimum Gasteiger partial charge on any atom is -0.491 e. The second kappa shape index (κ2) is 10.1. The highest BCUT2D eigenvalue weighted by Crippen LogP contribution is 2.30. The number of Topliss-reactive ketones (excluding diaryl/α,β-unsaturated/α-hetero) is 1. The zero-order valence-corrected chi connectivity index (χ0v) is 17.8. The molecule has 1 aliphatic heterocycles. The zero-order chi connectivity index (χ0) is 23.3. The van der Waals surface area contributed by atoms with E-state index in [-0.39, 0.29) is 34.5 Å². The molecule has 0 bridgehead atoms. The van der Waals surface area contributed by atoms with Crippen LogP contribution in [0.5, 0.6) is 11.5 Å². The first kappa shape index (κ1) is 23.7.